The van der Waals surface area contributed by atoms with Crippen LogP contribution in [0.4, 0.5) is 0 Å². The Bertz CT molecular complexity index is 424. The van der Waals surface area contributed by atoms with E-state index in [9.17, 15) is 0 Å². The minimum absolute atomic E-state index is 0.521. The molecule has 4 heteroatoms. The Kier molecular flexibility index (Phi) is 3.45. The maximum absolute atomic E-state index is 9.17. The van der Waals surface area contributed by atoms with Gasteiger partial charge in [0, 0.05) is 27.1 Å². The Morgan fingerprint density at radius 3 is 2.41 bits per heavy atom. The van der Waals surface area contributed by atoms with Crippen molar-refractivity contribution in [2.45, 2.75) is 25.0 Å². The van der Waals surface area contributed by atoms with Crippen LogP contribution in [0.15, 0.2) is 29.4 Å². The molecule has 0 spiro atoms. The Labute approximate surface area is 101 Å². The van der Waals surface area contributed by atoms with Crippen molar-refractivity contribution >= 4 is 5.71 Å². The zero-order chi connectivity index (χ0) is 12.3. The number of oxime groups is 1. The van der Waals surface area contributed by atoms with Gasteiger partial charge in [-0.3, -0.25) is 0 Å². The number of fused-ring (bicyclic) bond motifs is 1. The summed E-state index contributed by atoms with van der Waals surface area (Å²) in [5, 5.41) is 12.5. The molecule has 1 N–H and O–H groups in total. The monoisotopic (exact) mass is 235 g/mol. The van der Waals surface area contributed by atoms with Crippen LogP contribution in [0.3, 0.4) is 0 Å². The van der Waals surface area contributed by atoms with Gasteiger partial charge in [-0.25, -0.2) is 0 Å². The third kappa shape index (κ3) is 2.06. The lowest BCUT2D eigenvalue weighted by Gasteiger charge is -2.29. The number of methoxy groups -OCH3 is 2. The number of ether oxygens (including phenoxy) is 2. The summed E-state index contributed by atoms with van der Waals surface area (Å²) in [6.45, 7) is 0. The molecule has 0 bridgehead atoms. The molecule has 0 aliphatic heterocycles. The molecule has 1 aromatic rings. The largest absolute Gasteiger partial charge is 0.411 e. The summed E-state index contributed by atoms with van der Waals surface area (Å²) in [6.07, 6.45) is 2.04. The number of hydrogen-bond donors (Lipinski definition) is 1. The summed E-state index contributed by atoms with van der Waals surface area (Å²) in [6, 6.07) is 8.13. The van der Waals surface area contributed by atoms with Crippen LogP contribution >= 0.6 is 0 Å². The molecule has 92 valence electrons. The maximum Gasteiger partial charge on any atom is 0.211 e. The predicted molar refractivity (Wildman–Crippen MR) is 64.4 cm³/mol. The van der Waals surface area contributed by atoms with Gasteiger partial charge in [0.05, 0.1) is 0 Å². The smallest absolute Gasteiger partial charge is 0.211 e. The van der Waals surface area contributed by atoms with Gasteiger partial charge in [-0.15, -0.1) is 0 Å². The average Bonchev–Trinajstić information content (AvgIpc) is 2.55. The van der Waals surface area contributed by atoms with Gasteiger partial charge in [-0.2, -0.15) is 0 Å². The fourth-order valence-electron chi connectivity index (χ4n) is 2.37. The van der Waals surface area contributed by atoms with Gasteiger partial charge in [-0.05, 0) is 17.5 Å². The highest BCUT2D eigenvalue weighted by Gasteiger charge is 2.38. The molecule has 0 saturated carbocycles. The fraction of sp³-hybridized carbons (Fsp3) is 0.462. The second-order valence-electron chi connectivity index (χ2n) is 4.15. The van der Waals surface area contributed by atoms with Crippen LogP contribution in [0.1, 0.15) is 17.5 Å². The lowest BCUT2D eigenvalue weighted by Crippen LogP contribution is -2.43. The van der Waals surface area contributed by atoms with Crippen molar-refractivity contribution in [2.75, 3.05) is 14.2 Å². The lowest BCUT2D eigenvalue weighted by atomic mass is 10.0. The molecule has 0 saturated heterocycles. The van der Waals surface area contributed by atoms with Crippen molar-refractivity contribution in [3.05, 3.63) is 35.4 Å². The minimum Gasteiger partial charge on any atom is -0.411 e. The van der Waals surface area contributed by atoms with E-state index in [4.69, 9.17) is 14.7 Å². The van der Waals surface area contributed by atoms with Gasteiger partial charge in [0.1, 0.15) is 5.71 Å². The maximum atomic E-state index is 9.17. The zero-order valence-corrected chi connectivity index (χ0v) is 10.1. The van der Waals surface area contributed by atoms with Gasteiger partial charge in [-0.1, -0.05) is 29.4 Å². The third-order valence-corrected chi connectivity index (χ3v) is 3.42. The van der Waals surface area contributed by atoms with Crippen molar-refractivity contribution in [1.29, 1.82) is 0 Å². The summed E-state index contributed by atoms with van der Waals surface area (Å²) in [7, 11) is 3.15. The molecular formula is C13H17NO3. The average molecular weight is 235 g/mol. The SMILES string of the molecule is COC1(OC)CCc2ccccc2C/C1=N/O. The van der Waals surface area contributed by atoms with E-state index in [0.717, 1.165) is 12.0 Å². The quantitative estimate of drug-likeness (QED) is 0.369. The van der Waals surface area contributed by atoms with E-state index in [-0.39, 0.29) is 0 Å². The first-order chi connectivity index (χ1) is 8.25. The summed E-state index contributed by atoms with van der Waals surface area (Å²) < 4.78 is 10.9. The highest BCUT2D eigenvalue weighted by molar-refractivity contribution is 5.93. The normalized spacial score (nSPS) is 20.9. The van der Waals surface area contributed by atoms with Crippen LogP contribution in [0, 0.1) is 0 Å². The highest BCUT2D eigenvalue weighted by Crippen LogP contribution is 2.29. The van der Waals surface area contributed by atoms with E-state index in [1.54, 1.807) is 14.2 Å². The summed E-state index contributed by atoms with van der Waals surface area (Å²) in [5.41, 5.74) is 2.94. The first-order valence-corrected chi connectivity index (χ1v) is 5.64. The Hall–Kier alpha value is -1.39. The Morgan fingerprint density at radius 2 is 1.82 bits per heavy atom. The second kappa shape index (κ2) is 4.85. The molecule has 0 radical (unpaired) electrons. The molecule has 0 amide bonds. The summed E-state index contributed by atoms with van der Waals surface area (Å²) in [4.78, 5) is 0. The molecule has 2 rings (SSSR count). The number of hydrogen-bond acceptors (Lipinski definition) is 4. The molecule has 1 aliphatic carbocycles. The second-order valence-corrected chi connectivity index (χ2v) is 4.15. The highest BCUT2D eigenvalue weighted by atomic mass is 16.7. The van der Waals surface area contributed by atoms with E-state index < -0.39 is 5.79 Å². The standard InChI is InChI=1S/C13H17NO3/c1-16-13(17-2)8-7-10-5-3-4-6-11(10)9-12(13)14-15/h3-6,15H,7-9H2,1-2H3/b14-12-. The third-order valence-electron chi connectivity index (χ3n) is 3.42. The van der Waals surface area contributed by atoms with Crippen LogP contribution in [0.5, 0.6) is 0 Å². The number of nitrogens with zero attached hydrogens (tertiary/aromatic N) is 1. The molecular weight excluding hydrogens is 218 g/mol. The molecule has 0 heterocycles. The molecule has 17 heavy (non-hydrogen) atoms. The first kappa shape index (κ1) is 12.1. The molecule has 4 nitrogen and oxygen atoms in total. The van der Waals surface area contributed by atoms with Gasteiger partial charge in [0.15, 0.2) is 0 Å². The zero-order valence-electron chi connectivity index (χ0n) is 10.1. The van der Waals surface area contributed by atoms with E-state index >= 15 is 0 Å². The van der Waals surface area contributed by atoms with Gasteiger partial charge >= 0.3 is 0 Å². The van der Waals surface area contributed by atoms with Crippen molar-refractivity contribution in [1.82, 2.24) is 0 Å². The van der Waals surface area contributed by atoms with E-state index in [1.165, 1.54) is 5.56 Å². The number of aryl methyl sites for hydroxylation is 1. The topological polar surface area (TPSA) is 51.0 Å². The van der Waals surface area contributed by atoms with Crippen LogP contribution in [0.2, 0.25) is 0 Å². The summed E-state index contributed by atoms with van der Waals surface area (Å²) in [5.74, 6) is -0.909. The first-order valence-electron chi connectivity index (χ1n) is 5.64. The lowest BCUT2D eigenvalue weighted by molar-refractivity contribution is -0.158. The Balaban J connectivity index is 2.41. The molecule has 0 unspecified atom stereocenters. The van der Waals surface area contributed by atoms with E-state index in [1.807, 2.05) is 18.2 Å². The number of benzene rings is 1. The number of rotatable bonds is 2. The minimum atomic E-state index is -0.909. The molecule has 1 aromatic carbocycles. The summed E-state index contributed by atoms with van der Waals surface area (Å²) >= 11 is 0. The van der Waals surface area contributed by atoms with Gasteiger partial charge in [0.2, 0.25) is 5.79 Å². The Morgan fingerprint density at radius 1 is 1.18 bits per heavy atom. The van der Waals surface area contributed by atoms with Crippen LogP contribution in [-0.4, -0.2) is 30.9 Å². The van der Waals surface area contributed by atoms with Crippen molar-refractivity contribution in [3.8, 4) is 0 Å². The molecule has 0 aromatic heterocycles. The van der Waals surface area contributed by atoms with Crippen LogP contribution in [0.25, 0.3) is 0 Å². The van der Waals surface area contributed by atoms with Crippen LogP contribution < -0.4 is 0 Å². The molecule has 1 aliphatic rings. The van der Waals surface area contributed by atoms with Crippen molar-refractivity contribution in [2.24, 2.45) is 5.16 Å². The van der Waals surface area contributed by atoms with Gasteiger partial charge in [0.25, 0.3) is 0 Å². The molecule has 0 fully saturated rings. The van der Waals surface area contributed by atoms with E-state index in [2.05, 4.69) is 11.2 Å². The van der Waals surface area contributed by atoms with Crippen LogP contribution in [-0.2, 0) is 22.3 Å². The fourth-order valence-corrected chi connectivity index (χ4v) is 2.37. The molecule has 0 atom stereocenters. The predicted octanol–water partition coefficient (Wildman–Crippen LogP) is 1.99. The van der Waals surface area contributed by atoms with Gasteiger partial charge < -0.3 is 14.7 Å². The van der Waals surface area contributed by atoms with Crippen molar-refractivity contribution in [3.63, 3.8) is 0 Å². The van der Waals surface area contributed by atoms with E-state index in [0.29, 0.717) is 18.6 Å². The van der Waals surface area contributed by atoms with Crippen molar-refractivity contribution < 1.29 is 14.7 Å².